The molecule has 5 N–H and O–H groups in total. The van der Waals surface area contributed by atoms with Crippen LogP contribution in [-0.4, -0.2) is 60.1 Å². The molecule has 0 bridgehead atoms. The van der Waals surface area contributed by atoms with E-state index >= 15 is 0 Å². The van der Waals surface area contributed by atoms with E-state index in [2.05, 4.69) is 10.6 Å². The number of hydrogen-bond donors (Lipinski definition) is 4. The highest BCUT2D eigenvalue weighted by Crippen LogP contribution is 2.18. The van der Waals surface area contributed by atoms with Crippen LogP contribution >= 0.6 is 0 Å². The summed E-state index contributed by atoms with van der Waals surface area (Å²) in [4.78, 5) is 36.9. The molecule has 140 valence electrons. The summed E-state index contributed by atoms with van der Waals surface area (Å²) >= 11 is 0. The van der Waals surface area contributed by atoms with E-state index in [1.54, 1.807) is 11.0 Å². The number of aliphatic carboxylic acids is 1. The van der Waals surface area contributed by atoms with Gasteiger partial charge in [0.2, 0.25) is 11.8 Å². The number of carbonyl (C=O) groups excluding carboxylic acids is 2. The van der Waals surface area contributed by atoms with Crippen LogP contribution in [0.1, 0.15) is 32.1 Å². The lowest BCUT2D eigenvalue weighted by Gasteiger charge is -2.32. The Hall–Kier alpha value is -1.93. The predicted molar refractivity (Wildman–Crippen MR) is 92.4 cm³/mol. The Morgan fingerprint density at radius 2 is 2.00 bits per heavy atom. The monoisotopic (exact) mass is 352 g/mol. The number of hydrogen-bond acceptors (Lipinski definition) is 5. The molecule has 0 spiro atoms. The number of allylic oxidation sites excluding steroid dienone is 1. The van der Waals surface area contributed by atoms with Gasteiger partial charge in [0.25, 0.3) is 0 Å². The number of nitrogens with one attached hydrogen (secondary N) is 2. The average molecular weight is 352 g/mol. The minimum atomic E-state index is -1.06. The quantitative estimate of drug-likeness (QED) is 0.383. The third-order valence-electron chi connectivity index (χ3n) is 4.72. The molecule has 0 aromatic rings. The standard InChI is InChI=1S/C17H28N4O4/c18-14(10-16(23)24)20-17(25)13-2-1-9-21(11-13)15(22)4-3-12-5-7-19-8-6-12/h3-4,12-14,19H,1-2,5-11,18H2,(H,20,25)(H,23,24)/t13-,14+/m1/s1. The summed E-state index contributed by atoms with van der Waals surface area (Å²) in [7, 11) is 0. The summed E-state index contributed by atoms with van der Waals surface area (Å²) in [5, 5.41) is 14.5. The molecule has 0 radical (unpaired) electrons. The fraction of sp³-hybridized carbons (Fsp3) is 0.706. The van der Waals surface area contributed by atoms with Gasteiger partial charge in [0.1, 0.15) is 0 Å². The lowest BCUT2D eigenvalue weighted by molar-refractivity contribution is -0.137. The third-order valence-corrected chi connectivity index (χ3v) is 4.72. The van der Waals surface area contributed by atoms with Gasteiger partial charge in [-0.1, -0.05) is 6.08 Å². The number of carbonyl (C=O) groups is 3. The van der Waals surface area contributed by atoms with Gasteiger partial charge in [0.15, 0.2) is 0 Å². The normalized spacial score (nSPS) is 23.4. The van der Waals surface area contributed by atoms with E-state index in [1.807, 2.05) is 6.08 Å². The zero-order valence-corrected chi connectivity index (χ0v) is 14.4. The zero-order valence-electron chi connectivity index (χ0n) is 14.4. The maximum absolute atomic E-state index is 12.4. The highest BCUT2D eigenvalue weighted by Gasteiger charge is 2.28. The summed E-state index contributed by atoms with van der Waals surface area (Å²) in [5.41, 5.74) is 5.60. The van der Waals surface area contributed by atoms with Gasteiger partial charge in [-0.25, -0.2) is 0 Å². The lowest BCUT2D eigenvalue weighted by atomic mass is 9.96. The van der Waals surface area contributed by atoms with Crippen LogP contribution in [0, 0.1) is 11.8 Å². The largest absolute Gasteiger partial charge is 0.481 e. The van der Waals surface area contributed by atoms with Crippen molar-refractivity contribution in [2.24, 2.45) is 17.6 Å². The number of piperidine rings is 2. The molecular weight excluding hydrogens is 324 g/mol. The number of carboxylic acid groups (broad SMARTS) is 1. The summed E-state index contributed by atoms with van der Waals surface area (Å²) < 4.78 is 0. The Balaban J connectivity index is 1.82. The Morgan fingerprint density at radius 1 is 1.28 bits per heavy atom. The summed E-state index contributed by atoms with van der Waals surface area (Å²) in [6.07, 6.45) is 5.89. The minimum absolute atomic E-state index is 0.0640. The van der Waals surface area contributed by atoms with Gasteiger partial charge < -0.3 is 26.4 Å². The highest BCUT2D eigenvalue weighted by molar-refractivity contribution is 5.88. The Labute approximate surface area is 147 Å². The molecule has 25 heavy (non-hydrogen) atoms. The van der Waals surface area contributed by atoms with E-state index in [1.165, 1.54) is 0 Å². The van der Waals surface area contributed by atoms with Crippen molar-refractivity contribution >= 4 is 17.8 Å². The van der Waals surface area contributed by atoms with Crippen LogP contribution in [0.4, 0.5) is 0 Å². The maximum atomic E-state index is 12.4. The fourth-order valence-electron chi connectivity index (χ4n) is 3.29. The molecule has 2 aliphatic rings. The van der Waals surface area contributed by atoms with Crippen molar-refractivity contribution in [2.45, 2.75) is 38.3 Å². The third kappa shape index (κ3) is 6.47. The number of likely N-dealkylation sites (tertiary alicyclic amines) is 1. The second-order valence-electron chi connectivity index (χ2n) is 6.78. The molecule has 8 heteroatoms. The van der Waals surface area contributed by atoms with Gasteiger partial charge in [-0.15, -0.1) is 0 Å². The molecule has 2 amide bonds. The van der Waals surface area contributed by atoms with Crippen LogP contribution in [0.2, 0.25) is 0 Å². The van der Waals surface area contributed by atoms with Gasteiger partial charge in [-0.05, 0) is 50.8 Å². The highest BCUT2D eigenvalue weighted by atomic mass is 16.4. The lowest BCUT2D eigenvalue weighted by Crippen LogP contribution is -2.50. The summed E-state index contributed by atoms with van der Waals surface area (Å²) in [6, 6.07) is 0. The SMILES string of the molecule is N[C@H](CC(=O)O)NC(=O)[C@@H]1CCCN(C(=O)C=CC2CCNCC2)C1. The van der Waals surface area contributed by atoms with Crippen LogP contribution in [0.25, 0.3) is 0 Å². The van der Waals surface area contributed by atoms with Gasteiger partial charge in [0, 0.05) is 13.1 Å². The first-order valence-corrected chi connectivity index (χ1v) is 8.91. The van der Waals surface area contributed by atoms with Crippen molar-refractivity contribution in [1.82, 2.24) is 15.5 Å². The van der Waals surface area contributed by atoms with E-state index in [0.717, 1.165) is 32.4 Å². The fourth-order valence-corrected chi connectivity index (χ4v) is 3.29. The van der Waals surface area contributed by atoms with E-state index in [9.17, 15) is 14.4 Å². The molecule has 0 unspecified atom stereocenters. The van der Waals surface area contributed by atoms with Crippen molar-refractivity contribution in [3.63, 3.8) is 0 Å². The molecule has 2 atom stereocenters. The summed E-state index contributed by atoms with van der Waals surface area (Å²) in [5.74, 6) is -1.32. The molecule has 2 rings (SSSR count). The first kappa shape index (κ1) is 19.4. The maximum Gasteiger partial charge on any atom is 0.306 e. The molecule has 0 aromatic heterocycles. The molecule has 2 saturated heterocycles. The Bertz CT molecular complexity index is 517. The number of nitrogens with zero attached hydrogens (tertiary/aromatic N) is 1. The van der Waals surface area contributed by atoms with Crippen molar-refractivity contribution < 1.29 is 19.5 Å². The molecule has 0 aromatic carbocycles. The second kappa shape index (κ2) is 9.53. The van der Waals surface area contributed by atoms with Crippen LogP contribution in [-0.2, 0) is 14.4 Å². The molecule has 2 aliphatic heterocycles. The van der Waals surface area contributed by atoms with Crippen molar-refractivity contribution in [1.29, 1.82) is 0 Å². The number of amides is 2. The Kier molecular flexibility index (Phi) is 7.39. The van der Waals surface area contributed by atoms with E-state index in [0.29, 0.717) is 25.4 Å². The molecule has 2 fully saturated rings. The number of carboxylic acids is 1. The number of rotatable bonds is 6. The van der Waals surface area contributed by atoms with Crippen LogP contribution in [0.3, 0.4) is 0 Å². The minimum Gasteiger partial charge on any atom is -0.481 e. The van der Waals surface area contributed by atoms with Crippen molar-refractivity contribution in [2.75, 3.05) is 26.2 Å². The van der Waals surface area contributed by atoms with Gasteiger partial charge in [-0.3, -0.25) is 14.4 Å². The second-order valence-corrected chi connectivity index (χ2v) is 6.78. The topological polar surface area (TPSA) is 125 Å². The molecule has 0 aliphatic carbocycles. The first-order chi connectivity index (χ1) is 12.0. The molecular formula is C17H28N4O4. The van der Waals surface area contributed by atoms with E-state index in [4.69, 9.17) is 10.8 Å². The van der Waals surface area contributed by atoms with Crippen molar-refractivity contribution in [3.8, 4) is 0 Å². The summed E-state index contributed by atoms with van der Waals surface area (Å²) in [6.45, 7) is 2.94. The van der Waals surface area contributed by atoms with E-state index < -0.39 is 12.1 Å². The zero-order chi connectivity index (χ0) is 18.2. The number of nitrogens with two attached hydrogens (primary N) is 1. The predicted octanol–water partition coefficient (Wildman–Crippen LogP) is -0.343. The van der Waals surface area contributed by atoms with E-state index in [-0.39, 0.29) is 24.2 Å². The molecule has 0 saturated carbocycles. The van der Waals surface area contributed by atoms with Crippen molar-refractivity contribution in [3.05, 3.63) is 12.2 Å². The van der Waals surface area contributed by atoms with Crippen LogP contribution in [0.5, 0.6) is 0 Å². The van der Waals surface area contributed by atoms with Crippen LogP contribution in [0.15, 0.2) is 12.2 Å². The van der Waals surface area contributed by atoms with Gasteiger partial charge in [0.05, 0.1) is 18.5 Å². The molecule has 8 nitrogen and oxygen atoms in total. The van der Waals surface area contributed by atoms with Gasteiger partial charge in [-0.2, -0.15) is 0 Å². The smallest absolute Gasteiger partial charge is 0.306 e. The van der Waals surface area contributed by atoms with Gasteiger partial charge >= 0.3 is 5.97 Å². The first-order valence-electron chi connectivity index (χ1n) is 8.91. The van der Waals surface area contributed by atoms with Crippen LogP contribution < -0.4 is 16.4 Å². The Morgan fingerprint density at radius 3 is 2.68 bits per heavy atom. The molecule has 2 heterocycles. The average Bonchev–Trinajstić information content (AvgIpc) is 2.60.